The van der Waals surface area contributed by atoms with E-state index in [0.29, 0.717) is 16.2 Å². The second-order valence-corrected chi connectivity index (χ2v) is 4.83. The average molecular weight is 279 g/mol. The normalized spacial score (nSPS) is 17.6. The van der Waals surface area contributed by atoms with Crippen LogP contribution in [0.2, 0.25) is 0 Å². The summed E-state index contributed by atoms with van der Waals surface area (Å²) in [7, 11) is -10.7. The summed E-state index contributed by atoms with van der Waals surface area (Å²) >= 11 is 0. The van der Waals surface area contributed by atoms with Gasteiger partial charge in [-0.05, 0) is 17.0 Å². The predicted molar refractivity (Wildman–Crippen MR) is 47.8 cm³/mol. The zero-order valence-corrected chi connectivity index (χ0v) is 8.67. The molecule has 1 aliphatic heterocycles. The Labute approximate surface area is 89.7 Å². The Kier molecular flexibility index (Phi) is 2.56. The molecule has 11 heteroatoms. The van der Waals surface area contributed by atoms with E-state index in [1.165, 1.54) is 0 Å². The molecule has 1 aromatic rings. The first-order chi connectivity index (χ1) is 7.33. The first-order valence-electron chi connectivity index (χ1n) is 3.87. The molecule has 0 atom stereocenters. The van der Waals surface area contributed by atoms with Crippen molar-refractivity contribution in [3.05, 3.63) is 29.2 Å². The number of hydrogen-bond donors (Lipinski definition) is 0. The molecule has 2 rings (SSSR count). The maximum atomic E-state index is 10.7. The van der Waals surface area contributed by atoms with E-state index in [-0.39, 0.29) is 0 Å². The van der Waals surface area contributed by atoms with E-state index in [2.05, 4.69) is 10.3 Å². The molecule has 0 spiro atoms. The number of rotatable bonds is 0. The third-order valence-corrected chi connectivity index (χ3v) is 1.32. The summed E-state index contributed by atoms with van der Waals surface area (Å²) in [6.07, 6.45) is 0. The Morgan fingerprint density at radius 1 is 1.00 bits per heavy atom. The third kappa shape index (κ3) is 6.56. The van der Waals surface area contributed by atoms with E-state index >= 15 is 0 Å². The minimum atomic E-state index is -10.7. The van der Waals surface area contributed by atoms with Gasteiger partial charge in [0, 0.05) is 0 Å². The van der Waals surface area contributed by atoms with Crippen LogP contribution >= 0.6 is 7.81 Å². The standard InChI is InChI=1S/C6H4N3O.F6P/c10-9-6-4-2-1-3-5(6)7-8-9;1-7(2,3,4,5)6/h1-4H;/q+1;-1. The van der Waals surface area contributed by atoms with Gasteiger partial charge in [0.2, 0.25) is 0 Å². The Balaban J connectivity index is 0.000000185. The summed E-state index contributed by atoms with van der Waals surface area (Å²) in [4.78, 5) is 11.2. The summed E-state index contributed by atoms with van der Waals surface area (Å²) < 4.78 is 59.2. The van der Waals surface area contributed by atoms with E-state index in [1.807, 2.05) is 6.07 Å². The first-order valence-corrected chi connectivity index (χ1v) is 5.90. The first kappa shape index (κ1) is 13.5. The fourth-order valence-corrected chi connectivity index (χ4v) is 0.847. The summed E-state index contributed by atoms with van der Waals surface area (Å²) in [6.45, 7) is 0. The molecule has 1 heterocycles. The zero-order valence-electron chi connectivity index (χ0n) is 7.77. The largest absolute Gasteiger partial charge is 0.257 e. The van der Waals surface area contributed by atoms with Crippen LogP contribution in [-0.2, 0) is 0 Å². The maximum Gasteiger partial charge on any atom is 0.257 e. The van der Waals surface area contributed by atoms with Crippen LogP contribution in [0.25, 0.3) is 0 Å². The van der Waals surface area contributed by atoms with Gasteiger partial charge in [0.25, 0.3) is 11.4 Å². The fraction of sp³-hybridized carbons (Fsp3) is 0. The number of benzene rings is 1. The van der Waals surface area contributed by atoms with Crippen molar-refractivity contribution in [2.45, 2.75) is 0 Å². The van der Waals surface area contributed by atoms with Crippen molar-refractivity contribution in [1.82, 2.24) is 0 Å². The Bertz CT molecular complexity index is 484. The maximum absolute atomic E-state index is 10.7. The Morgan fingerprint density at radius 3 is 1.94 bits per heavy atom. The summed E-state index contributed by atoms with van der Waals surface area (Å²) in [5.74, 6) is 0. The molecule has 17 heavy (non-hydrogen) atoms. The SMILES string of the molecule is F[P-](F)(F)(F)(F)F.O=[N+]1N=Nc2ccccc21. The van der Waals surface area contributed by atoms with Crippen LogP contribution in [0.4, 0.5) is 36.6 Å². The number of nitroso groups, excluding NO2 is 1. The van der Waals surface area contributed by atoms with E-state index in [9.17, 15) is 30.1 Å². The molecule has 0 unspecified atom stereocenters. The van der Waals surface area contributed by atoms with Crippen molar-refractivity contribution in [3.63, 3.8) is 0 Å². The molecule has 0 saturated carbocycles. The second kappa shape index (κ2) is 3.22. The molecular weight excluding hydrogens is 275 g/mol. The average Bonchev–Trinajstić information content (AvgIpc) is 2.43. The van der Waals surface area contributed by atoms with Gasteiger partial charge in [-0.1, -0.05) is 12.1 Å². The molecule has 1 aromatic carbocycles. The molecule has 1 aliphatic rings. The van der Waals surface area contributed by atoms with Crippen LogP contribution in [0.3, 0.4) is 0 Å². The monoisotopic (exact) mass is 279 g/mol. The van der Waals surface area contributed by atoms with Gasteiger partial charge < -0.3 is 0 Å². The molecular formula is C6H4F6N3OP. The van der Waals surface area contributed by atoms with Gasteiger partial charge in [0.05, 0.1) is 5.11 Å². The number of para-hydroxylation sites is 1. The van der Waals surface area contributed by atoms with Gasteiger partial charge in [0.1, 0.15) is 4.87 Å². The molecule has 0 amide bonds. The summed E-state index contributed by atoms with van der Waals surface area (Å²) in [6, 6.07) is 7.02. The van der Waals surface area contributed by atoms with Crippen molar-refractivity contribution >= 4 is 19.2 Å². The number of nitrogens with zero attached hydrogens (tertiary/aromatic N) is 3. The topological polar surface area (TPSA) is 44.8 Å². The molecule has 96 valence electrons. The number of fused-ring (bicyclic) bond motifs is 1. The van der Waals surface area contributed by atoms with Gasteiger partial charge in [-0.15, -0.1) is 0 Å². The van der Waals surface area contributed by atoms with Crippen LogP contribution in [0.5, 0.6) is 0 Å². The van der Waals surface area contributed by atoms with Gasteiger partial charge in [-0.2, -0.15) is 0 Å². The molecule has 0 aliphatic carbocycles. The minimum Gasteiger partial charge on any atom is -0.0575 e. The van der Waals surface area contributed by atoms with E-state index < -0.39 is 7.81 Å². The van der Waals surface area contributed by atoms with E-state index in [0.717, 1.165) is 0 Å². The van der Waals surface area contributed by atoms with Crippen molar-refractivity contribution in [1.29, 1.82) is 0 Å². The Hall–Kier alpha value is -1.57. The molecule has 0 radical (unpaired) electrons. The van der Waals surface area contributed by atoms with Gasteiger partial charge in [0.15, 0.2) is 5.22 Å². The van der Waals surface area contributed by atoms with Crippen molar-refractivity contribution in [3.8, 4) is 0 Å². The molecule has 0 saturated heterocycles. The minimum absolute atomic E-state index is 0.509. The quantitative estimate of drug-likeness (QED) is 0.351. The number of hydrogen-bond acceptors (Lipinski definition) is 2. The Morgan fingerprint density at radius 2 is 1.47 bits per heavy atom. The molecule has 0 fully saturated rings. The molecule has 0 N–H and O–H groups in total. The smallest absolute Gasteiger partial charge is 0.0575 e. The van der Waals surface area contributed by atoms with Crippen molar-refractivity contribution in [2.24, 2.45) is 10.3 Å². The summed E-state index contributed by atoms with van der Waals surface area (Å²) in [5.41, 5.74) is 1.15. The van der Waals surface area contributed by atoms with E-state index in [4.69, 9.17) is 0 Å². The third-order valence-electron chi connectivity index (χ3n) is 1.32. The van der Waals surface area contributed by atoms with E-state index in [1.54, 1.807) is 18.2 Å². The van der Waals surface area contributed by atoms with Gasteiger partial charge in [-0.25, -0.2) is 0 Å². The zero-order chi connectivity index (χ0) is 13.4. The van der Waals surface area contributed by atoms with Crippen LogP contribution in [-0.4, -0.2) is 4.87 Å². The molecule has 0 aromatic heterocycles. The fourth-order valence-electron chi connectivity index (χ4n) is 0.847. The second-order valence-electron chi connectivity index (χ2n) is 2.91. The van der Waals surface area contributed by atoms with Crippen molar-refractivity contribution < 1.29 is 30.1 Å². The molecule has 4 nitrogen and oxygen atoms in total. The summed E-state index contributed by atoms with van der Waals surface area (Å²) in [5, 5.41) is 6.93. The van der Waals surface area contributed by atoms with Crippen LogP contribution < -0.4 is 0 Å². The van der Waals surface area contributed by atoms with Gasteiger partial charge in [-0.3, -0.25) is 0 Å². The van der Waals surface area contributed by atoms with Crippen LogP contribution in [0, 0.1) is 4.91 Å². The van der Waals surface area contributed by atoms with Crippen molar-refractivity contribution in [2.75, 3.05) is 0 Å². The molecule has 0 bridgehead atoms. The predicted octanol–water partition coefficient (Wildman–Crippen LogP) is 5.49. The van der Waals surface area contributed by atoms with Gasteiger partial charge >= 0.3 is 33.0 Å². The van der Waals surface area contributed by atoms with Crippen LogP contribution in [0.1, 0.15) is 0 Å². The number of halogens is 6. The van der Waals surface area contributed by atoms with Crippen LogP contribution in [0.15, 0.2) is 34.6 Å².